The summed E-state index contributed by atoms with van der Waals surface area (Å²) in [7, 11) is 0. The van der Waals surface area contributed by atoms with Gasteiger partial charge in [-0.15, -0.1) is 0 Å². The molecule has 2 aliphatic rings. The zero-order valence-electron chi connectivity index (χ0n) is 7.83. The summed E-state index contributed by atoms with van der Waals surface area (Å²) in [6, 6.07) is 0. The first kappa shape index (κ1) is 9.90. The second kappa shape index (κ2) is 2.48. The highest BCUT2D eigenvalue weighted by Crippen LogP contribution is 2.65. The van der Waals surface area contributed by atoms with Gasteiger partial charge in [0.1, 0.15) is 4.08 Å². The first-order valence-corrected chi connectivity index (χ1v) is 5.14. The van der Waals surface area contributed by atoms with Crippen molar-refractivity contribution in [1.29, 1.82) is 0 Å². The van der Waals surface area contributed by atoms with Gasteiger partial charge < -0.3 is 9.47 Å². The summed E-state index contributed by atoms with van der Waals surface area (Å²) in [5, 5.41) is 0. The van der Waals surface area contributed by atoms with E-state index in [0.717, 1.165) is 5.57 Å². The number of thiol groups is 2. The van der Waals surface area contributed by atoms with E-state index in [1.165, 1.54) is 0 Å². The minimum absolute atomic E-state index is 0.0752. The van der Waals surface area contributed by atoms with E-state index >= 15 is 0 Å². The van der Waals surface area contributed by atoms with Crippen molar-refractivity contribution in [2.75, 3.05) is 13.2 Å². The Morgan fingerprint density at radius 3 is 1.92 bits per heavy atom. The lowest BCUT2D eigenvalue weighted by Gasteiger charge is -2.35. The second-order valence-corrected chi connectivity index (χ2v) is 6.20. The molecule has 2 nitrogen and oxygen atoms in total. The molecular formula is C9H14O2S2. The normalized spacial score (nSPS) is 33.4. The van der Waals surface area contributed by atoms with Crippen LogP contribution in [0.15, 0.2) is 12.2 Å². The number of hydrogen-bond acceptors (Lipinski definition) is 4. The Hall–Kier alpha value is 0.360. The maximum absolute atomic E-state index is 5.64. The highest BCUT2D eigenvalue weighted by atomic mass is 32.2. The first-order chi connectivity index (χ1) is 5.82. The summed E-state index contributed by atoms with van der Waals surface area (Å²) in [6.45, 7) is 9.37. The molecule has 0 radical (unpaired) electrons. The number of ether oxygens (including phenoxy) is 2. The smallest absolute Gasteiger partial charge is 0.221 e. The summed E-state index contributed by atoms with van der Waals surface area (Å²) in [4.78, 5) is 0. The fourth-order valence-electron chi connectivity index (χ4n) is 1.45. The van der Waals surface area contributed by atoms with Crippen molar-refractivity contribution in [3.8, 4) is 0 Å². The lowest BCUT2D eigenvalue weighted by molar-refractivity contribution is -0.234. The number of rotatable bonds is 0. The quantitative estimate of drug-likeness (QED) is 0.367. The molecule has 1 saturated carbocycles. The van der Waals surface area contributed by atoms with E-state index in [1.807, 2.05) is 0 Å². The molecule has 0 N–H and O–H groups in total. The molecule has 74 valence electrons. The molecule has 2 rings (SSSR count). The van der Waals surface area contributed by atoms with Gasteiger partial charge in [-0.05, 0) is 0 Å². The Kier molecular flexibility index (Phi) is 1.89. The van der Waals surface area contributed by atoms with Crippen LogP contribution in [-0.4, -0.2) is 23.1 Å². The molecule has 0 atom stereocenters. The standard InChI is InChI=1S/C9H14O2S2/c1-6-8(9(6,12)13)10-4-7(2,3)5-11-8/h12-13H,1,4-5H2,2-3H3. The third kappa shape index (κ3) is 1.19. The van der Waals surface area contributed by atoms with E-state index in [9.17, 15) is 0 Å². The first-order valence-electron chi connectivity index (χ1n) is 4.24. The van der Waals surface area contributed by atoms with Crippen LogP contribution in [0, 0.1) is 5.41 Å². The van der Waals surface area contributed by atoms with Gasteiger partial charge in [-0.2, -0.15) is 25.3 Å². The van der Waals surface area contributed by atoms with Crippen molar-refractivity contribution in [2.24, 2.45) is 5.41 Å². The molecule has 1 saturated heterocycles. The Bertz CT molecular complexity index is 261. The Balaban J connectivity index is 2.13. The predicted molar refractivity (Wildman–Crippen MR) is 58.3 cm³/mol. The van der Waals surface area contributed by atoms with E-state index < -0.39 is 9.87 Å². The second-order valence-electron chi connectivity index (χ2n) is 4.51. The topological polar surface area (TPSA) is 18.5 Å². The van der Waals surface area contributed by atoms with Crippen LogP contribution in [0.5, 0.6) is 0 Å². The maximum Gasteiger partial charge on any atom is 0.221 e. The minimum atomic E-state index is -0.727. The lowest BCUT2D eigenvalue weighted by atomic mass is 9.95. The Labute approximate surface area is 89.5 Å². The molecule has 0 amide bonds. The molecule has 0 bridgehead atoms. The predicted octanol–water partition coefficient (Wildman–Crippen LogP) is 1.88. The molecule has 0 aromatic heterocycles. The Morgan fingerprint density at radius 2 is 1.62 bits per heavy atom. The van der Waals surface area contributed by atoms with Gasteiger partial charge in [-0.1, -0.05) is 20.4 Å². The van der Waals surface area contributed by atoms with Crippen molar-refractivity contribution in [3.63, 3.8) is 0 Å². The van der Waals surface area contributed by atoms with Gasteiger partial charge in [0, 0.05) is 11.0 Å². The van der Waals surface area contributed by atoms with Crippen LogP contribution in [-0.2, 0) is 9.47 Å². The van der Waals surface area contributed by atoms with Crippen molar-refractivity contribution in [2.45, 2.75) is 23.7 Å². The summed E-state index contributed by atoms with van der Waals surface area (Å²) >= 11 is 8.66. The summed E-state index contributed by atoms with van der Waals surface area (Å²) in [5.41, 5.74) is 0.883. The molecule has 2 fully saturated rings. The SMILES string of the molecule is C=C1C(S)(S)C12OCC(C)(C)CO2. The van der Waals surface area contributed by atoms with Gasteiger partial charge in [0.05, 0.1) is 13.2 Å². The third-order valence-corrected chi connectivity index (χ3v) is 3.68. The largest absolute Gasteiger partial charge is 0.343 e. The molecule has 13 heavy (non-hydrogen) atoms. The third-order valence-electron chi connectivity index (χ3n) is 2.55. The van der Waals surface area contributed by atoms with E-state index in [2.05, 4.69) is 45.7 Å². The van der Waals surface area contributed by atoms with Crippen molar-refractivity contribution < 1.29 is 9.47 Å². The highest BCUT2D eigenvalue weighted by Gasteiger charge is 2.73. The maximum atomic E-state index is 5.64. The Morgan fingerprint density at radius 1 is 1.23 bits per heavy atom. The molecule has 1 aliphatic carbocycles. The van der Waals surface area contributed by atoms with Crippen LogP contribution in [0.25, 0.3) is 0 Å². The monoisotopic (exact) mass is 218 g/mol. The van der Waals surface area contributed by atoms with Crippen molar-refractivity contribution in [1.82, 2.24) is 0 Å². The number of hydrogen-bond donors (Lipinski definition) is 2. The minimum Gasteiger partial charge on any atom is -0.343 e. The zero-order valence-corrected chi connectivity index (χ0v) is 9.62. The molecule has 0 aromatic carbocycles. The molecule has 1 heterocycles. The molecule has 0 unspecified atom stereocenters. The van der Waals surface area contributed by atoms with Gasteiger partial charge in [-0.3, -0.25) is 0 Å². The molecule has 1 aliphatic heterocycles. The van der Waals surface area contributed by atoms with E-state index in [1.54, 1.807) is 0 Å². The van der Waals surface area contributed by atoms with Crippen LogP contribution in [0.3, 0.4) is 0 Å². The van der Waals surface area contributed by atoms with E-state index in [0.29, 0.717) is 13.2 Å². The van der Waals surface area contributed by atoms with Crippen molar-refractivity contribution >= 4 is 25.3 Å². The average Bonchev–Trinajstić information content (AvgIpc) is 2.42. The molecule has 0 aromatic rings. The van der Waals surface area contributed by atoms with Crippen LogP contribution in [0.4, 0.5) is 0 Å². The van der Waals surface area contributed by atoms with Crippen LogP contribution in [0.2, 0.25) is 0 Å². The van der Waals surface area contributed by atoms with Gasteiger partial charge >= 0.3 is 0 Å². The van der Waals surface area contributed by atoms with Gasteiger partial charge in [-0.25, -0.2) is 0 Å². The summed E-state index contributed by atoms with van der Waals surface area (Å²) in [5.74, 6) is -0.727. The molecular weight excluding hydrogens is 204 g/mol. The van der Waals surface area contributed by atoms with E-state index in [4.69, 9.17) is 9.47 Å². The van der Waals surface area contributed by atoms with Gasteiger partial charge in [0.15, 0.2) is 0 Å². The summed E-state index contributed by atoms with van der Waals surface area (Å²) in [6.07, 6.45) is 0. The zero-order chi connectivity index (χ0) is 9.91. The van der Waals surface area contributed by atoms with Gasteiger partial charge in [0.2, 0.25) is 5.79 Å². The van der Waals surface area contributed by atoms with E-state index in [-0.39, 0.29) is 5.41 Å². The van der Waals surface area contributed by atoms with Crippen molar-refractivity contribution in [3.05, 3.63) is 12.2 Å². The van der Waals surface area contributed by atoms with Crippen LogP contribution >= 0.6 is 25.3 Å². The van der Waals surface area contributed by atoms with Gasteiger partial charge in [0.25, 0.3) is 0 Å². The average molecular weight is 218 g/mol. The molecule has 4 heteroatoms. The van der Waals surface area contributed by atoms with Crippen LogP contribution < -0.4 is 0 Å². The fourth-order valence-corrected chi connectivity index (χ4v) is 2.16. The molecule has 1 spiro atoms. The fraction of sp³-hybridized carbons (Fsp3) is 0.778. The van der Waals surface area contributed by atoms with Crippen LogP contribution in [0.1, 0.15) is 13.8 Å². The summed E-state index contributed by atoms with van der Waals surface area (Å²) < 4.78 is 10.7. The highest BCUT2D eigenvalue weighted by molar-refractivity contribution is 8.01. The lowest BCUT2D eigenvalue weighted by Crippen LogP contribution is -2.41.